The summed E-state index contributed by atoms with van der Waals surface area (Å²) in [6, 6.07) is 15.6. The standard InChI is InChI=1S/C30H36N2O3S/c1-20-7-10-23(11-8-20)29(34)32(30(4,5)6)18-28(33)31-15-13-27-24(14-16-36-27)25(31)19-35-26-12-9-21(2)17-22(26)3/h7-12,14,16-17,25H,13,15,18-19H2,1-6H3/t25-/m1/s1. The maximum absolute atomic E-state index is 13.8. The SMILES string of the molecule is Cc1ccc(C(=O)N(CC(=O)N2CCc3sccc3[C@H]2COc2ccc(C)cc2C)C(C)(C)C)cc1. The largest absolute Gasteiger partial charge is 0.491 e. The van der Waals surface area contributed by atoms with Gasteiger partial charge in [0.25, 0.3) is 5.91 Å². The van der Waals surface area contributed by atoms with Crippen LogP contribution in [0.15, 0.2) is 53.9 Å². The van der Waals surface area contributed by atoms with Crippen molar-refractivity contribution in [3.63, 3.8) is 0 Å². The minimum absolute atomic E-state index is 0.0236. The predicted octanol–water partition coefficient (Wildman–Crippen LogP) is 6.12. The lowest BCUT2D eigenvalue weighted by molar-refractivity contribution is -0.136. The van der Waals surface area contributed by atoms with E-state index in [-0.39, 0.29) is 24.4 Å². The second kappa shape index (κ2) is 10.5. The Kier molecular flexibility index (Phi) is 7.55. The van der Waals surface area contributed by atoms with Gasteiger partial charge >= 0.3 is 0 Å². The summed E-state index contributed by atoms with van der Waals surface area (Å²) in [4.78, 5) is 32.1. The van der Waals surface area contributed by atoms with E-state index >= 15 is 0 Å². The number of carbonyl (C=O) groups excluding carboxylic acids is 2. The lowest BCUT2D eigenvalue weighted by atomic mass is 9.99. The first-order chi connectivity index (χ1) is 17.0. The van der Waals surface area contributed by atoms with Crippen LogP contribution in [0.2, 0.25) is 0 Å². The molecule has 1 atom stereocenters. The minimum atomic E-state index is -0.508. The number of carbonyl (C=O) groups is 2. The Morgan fingerprint density at radius 1 is 1.03 bits per heavy atom. The quantitative estimate of drug-likeness (QED) is 0.406. The second-order valence-corrected chi connectivity index (χ2v) is 11.7. The third-order valence-corrected chi connectivity index (χ3v) is 7.79. The number of nitrogens with zero attached hydrogens (tertiary/aromatic N) is 2. The van der Waals surface area contributed by atoms with Crippen LogP contribution >= 0.6 is 11.3 Å². The molecule has 4 rings (SSSR count). The Labute approximate surface area is 218 Å². The van der Waals surface area contributed by atoms with Crippen LogP contribution in [0.5, 0.6) is 5.75 Å². The third kappa shape index (κ3) is 5.65. The number of aryl methyl sites for hydroxylation is 3. The first-order valence-electron chi connectivity index (χ1n) is 12.5. The van der Waals surface area contributed by atoms with E-state index in [0.717, 1.165) is 28.9 Å². The molecule has 0 saturated heterocycles. The molecule has 5 nitrogen and oxygen atoms in total. The Bertz CT molecular complexity index is 1240. The molecule has 0 fully saturated rings. The van der Waals surface area contributed by atoms with E-state index in [1.54, 1.807) is 16.2 Å². The van der Waals surface area contributed by atoms with Gasteiger partial charge in [0, 0.05) is 22.5 Å². The van der Waals surface area contributed by atoms with Gasteiger partial charge in [-0.3, -0.25) is 9.59 Å². The molecule has 2 amide bonds. The molecule has 0 aliphatic carbocycles. The van der Waals surface area contributed by atoms with E-state index in [1.165, 1.54) is 10.4 Å². The number of hydrogen-bond acceptors (Lipinski definition) is 4. The van der Waals surface area contributed by atoms with Gasteiger partial charge < -0.3 is 14.5 Å². The summed E-state index contributed by atoms with van der Waals surface area (Å²) >= 11 is 1.73. The smallest absolute Gasteiger partial charge is 0.254 e. The average molecular weight is 505 g/mol. The van der Waals surface area contributed by atoms with Crippen molar-refractivity contribution < 1.29 is 14.3 Å². The molecule has 1 aromatic heterocycles. The molecule has 2 heterocycles. The normalized spacial score (nSPS) is 15.4. The number of thiophene rings is 1. The van der Waals surface area contributed by atoms with Crippen molar-refractivity contribution in [1.29, 1.82) is 0 Å². The number of amides is 2. The van der Waals surface area contributed by atoms with Gasteiger partial charge in [0.1, 0.15) is 18.9 Å². The zero-order valence-electron chi connectivity index (χ0n) is 22.1. The van der Waals surface area contributed by atoms with Gasteiger partial charge in [-0.1, -0.05) is 35.4 Å². The van der Waals surface area contributed by atoms with Crippen molar-refractivity contribution in [3.8, 4) is 5.75 Å². The second-order valence-electron chi connectivity index (χ2n) is 10.7. The molecule has 0 N–H and O–H groups in total. The number of fused-ring (bicyclic) bond motifs is 1. The molecular formula is C30H36N2O3S. The molecule has 6 heteroatoms. The van der Waals surface area contributed by atoms with Crippen LogP contribution < -0.4 is 4.74 Å². The topological polar surface area (TPSA) is 49.9 Å². The van der Waals surface area contributed by atoms with Crippen LogP contribution in [-0.2, 0) is 11.2 Å². The van der Waals surface area contributed by atoms with Gasteiger partial charge in [-0.15, -0.1) is 11.3 Å². The zero-order valence-corrected chi connectivity index (χ0v) is 22.9. The number of ether oxygens (including phenoxy) is 1. The molecule has 190 valence electrons. The molecule has 0 saturated carbocycles. The maximum Gasteiger partial charge on any atom is 0.254 e. The molecule has 2 aromatic carbocycles. The predicted molar refractivity (Wildman–Crippen MR) is 146 cm³/mol. The fourth-order valence-electron chi connectivity index (χ4n) is 4.70. The highest BCUT2D eigenvalue weighted by Gasteiger charge is 2.36. The molecule has 0 spiro atoms. The average Bonchev–Trinajstić information content (AvgIpc) is 3.30. The Morgan fingerprint density at radius 2 is 1.72 bits per heavy atom. The molecule has 0 radical (unpaired) electrons. The lowest BCUT2D eigenvalue weighted by Crippen LogP contribution is -2.53. The molecule has 36 heavy (non-hydrogen) atoms. The maximum atomic E-state index is 13.8. The monoisotopic (exact) mass is 504 g/mol. The van der Waals surface area contributed by atoms with Crippen molar-refractivity contribution in [2.24, 2.45) is 0 Å². The van der Waals surface area contributed by atoms with Crippen LogP contribution in [0.3, 0.4) is 0 Å². The highest BCUT2D eigenvalue weighted by molar-refractivity contribution is 7.10. The highest BCUT2D eigenvalue weighted by Crippen LogP contribution is 2.35. The number of hydrogen-bond donors (Lipinski definition) is 0. The molecule has 0 bridgehead atoms. The van der Waals surface area contributed by atoms with Crippen LogP contribution in [0.4, 0.5) is 0 Å². The summed E-state index contributed by atoms with van der Waals surface area (Å²) in [5.74, 6) is 0.643. The van der Waals surface area contributed by atoms with Crippen molar-refractivity contribution in [2.45, 2.75) is 59.5 Å². The van der Waals surface area contributed by atoms with Crippen molar-refractivity contribution in [3.05, 3.63) is 86.6 Å². The molecule has 1 aliphatic rings. The molecule has 1 aliphatic heterocycles. The van der Waals surface area contributed by atoms with E-state index < -0.39 is 5.54 Å². The first-order valence-corrected chi connectivity index (χ1v) is 13.4. The summed E-state index contributed by atoms with van der Waals surface area (Å²) in [6.45, 7) is 13.0. The lowest BCUT2D eigenvalue weighted by Gasteiger charge is -2.40. The van der Waals surface area contributed by atoms with E-state index in [1.807, 2.05) is 75.9 Å². The first kappa shape index (κ1) is 26.0. The van der Waals surface area contributed by atoms with E-state index in [2.05, 4.69) is 24.4 Å². The van der Waals surface area contributed by atoms with Crippen molar-refractivity contribution in [2.75, 3.05) is 19.7 Å². The Morgan fingerprint density at radius 3 is 2.39 bits per heavy atom. The van der Waals surface area contributed by atoms with Crippen LogP contribution in [0.1, 0.15) is 64.3 Å². The number of rotatable bonds is 6. The third-order valence-electron chi connectivity index (χ3n) is 6.79. The van der Waals surface area contributed by atoms with Gasteiger partial charge in [0.05, 0.1) is 6.04 Å². The fraction of sp³-hybridized carbons (Fsp3) is 0.400. The summed E-state index contributed by atoms with van der Waals surface area (Å²) in [5, 5.41) is 2.09. The van der Waals surface area contributed by atoms with Gasteiger partial charge in [-0.2, -0.15) is 0 Å². The van der Waals surface area contributed by atoms with Crippen molar-refractivity contribution in [1.82, 2.24) is 9.80 Å². The summed E-state index contributed by atoms with van der Waals surface area (Å²) < 4.78 is 6.27. The Hall–Kier alpha value is -3.12. The highest BCUT2D eigenvalue weighted by atomic mass is 32.1. The molecular weight excluding hydrogens is 468 g/mol. The minimum Gasteiger partial charge on any atom is -0.491 e. The van der Waals surface area contributed by atoms with Gasteiger partial charge in [-0.25, -0.2) is 0 Å². The van der Waals surface area contributed by atoms with E-state index in [0.29, 0.717) is 18.7 Å². The van der Waals surface area contributed by atoms with Gasteiger partial charge in [-0.05, 0) is 88.7 Å². The van der Waals surface area contributed by atoms with Gasteiger partial charge in [0.15, 0.2) is 0 Å². The van der Waals surface area contributed by atoms with E-state index in [4.69, 9.17) is 4.74 Å². The molecule has 3 aromatic rings. The van der Waals surface area contributed by atoms with E-state index in [9.17, 15) is 9.59 Å². The van der Waals surface area contributed by atoms with Crippen molar-refractivity contribution >= 4 is 23.2 Å². The fourth-order valence-corrected chi connectivity index (χ4v) is 5.62. The van der Waals surface area contributed by atoms with Gasteiger partial charge in [0.2, 0.25) is 5.91 Å². The van der Waals surface area contributed by atoms with Crippen LogP contribution in [0.25, 0.3) is 0 Å². The summed E-state index contributed by atoms with van der Waals surface area (Å²) in [6.07, 6.45) is 0.820. The zero-order chi connectivity index (χ0) is 26.0. The number of benzene rings is 2. The Balaban J connectivity index is 1.57. The van der Waals surface area contributed by atoms with Crippen LogP contribution in [0, 0.1) is 20.8 Å². The summed E-state index contributed by atoms with van der Waals surface area (Å²) in [5.41, 5.74) is 4.60. The van der Waals surface area contributed by atoms with Crippen LogP contribution in [-0.4, -0.2) is 46.8 Å². The molecule has 0 unspecified atom stereocenters. The summed E-state index contributed by atoms with van der Waals surface area (Å²) in [7, 11) is 0.